The van der Waals surface area contributed by atoms with Crippen molar-refractivity contribution in [2.24, 2.45) is 5.92 Å². The molecule has 22 heavy (non-hydrogen) atoms. The van der Waals surface area contributed by atoms with E-state index in [1.165, 1.54) is 32.8 Å². The molecule has 1 aliphatic carbocycles. The number of nitro groups is 1. The first-order valence-electron chi connectivity index (χ1n) is 7.28. The van der Waals surface area contributed by atoms with Crippen molar-refractivity contribution in [3.05, 3.63) is 22.2 Å². The average Bonchev–Trinajstić information content (AvgIpc) is 2.54. The molecule has 0 aromatic heterocycles. The predicted molar refractivity (Wildman–Crippen MR) is 81.4 cm³/mol. The highest BCUT2D eigenvalue weighted by molar-refractivity contribution is 5.94. The van der Waals surface area contributed by atoms with Gasteiger partial charge in [0.25, 0.3) is 0 Å². The van der Waals surface area contributed by atoms with Crippen LogP contribution in [0.3, 0.4) is 0 Å². The lowest BCUT2D eigenvalue weighted by Crippen LogP contribution is -2.25. The lowest BCUT2D eigenvalue weighted by molar-refractivity contribution is -0.385. The Labute approximate surface area is 128 Å². The van der Waals surface area contributed by atoms with Gasteiger partial charge in [0, 0.05) is 12.0 Å². The second-order valence-electron chi connectivity index (χ2n) is 5.31. The normalized spacial score (nSPS) is 15.2. The summed E-state index contributed by atoms with van der Waals surface area (Å²) < 4.78 is 10.2. The number of methoxy groups -OCH3 is 2. The van der Waals surface area contributed by atoms with Gasteiger partial charge in [-0.05, 0) is 12.8 Å². The number of carbonyl (C=O) groups is 1. The third kappa shape index (κ3) is 3.47. The van der Waals surface area contributed by atoms with Crippen molar-refractivity contribution in [3.8, 4) is 11.5 Å². The fourth-order valence-electron chi connectivity index (χ4n) is 2.72. The molecule has 120 valence electrons. The quantitative estimate of drug-likeness (QED) is 0.666. The fourth-order valence-corrected chi connectivity index (χ4v) is 2.72. The van der Waals surface area contributed by atoms with Crippen molar-refractivity contribution in [1.29, 1.82) is 0 Å². The molecule has 1 fully saturated rings. The molecule has 0 spiro atoms. The smallest absolute Gasteiger partial charge is 0.314 e. The number of hydrogen-bond donors (Lipinski definition) is 1. The molecule has 0 aliphatic heterocycles. The number of rotatable bonds is 5. The van der Waals surface area contributed by atoms with Crippen LogP contribution < -0.4 is 14.8 Å². The minimum absolute atomic E-state index is 0.0142. The van der Waals surface area contributed by atoms with Crippen LogP contribution in [0.4, 0.5) is 11.4 Å². The zero-order chi connectivity index (χ0) is 16.1. The van der Waals surface area contributed by atoms with Crippen molar-refractivity contribution in [1.82, 2.24) is 0 Å². The van der Waals surface area contributed by atoms with Gasteiger partial charge in [-0.2, -0.15) is 0 Å². The number of anilines is 1. The van der Waals surface area contributed by atoms with Gasteiger partial charge in [0.15, 0.2) is 5.75 Å². The van der Waals surface area contributed by atoms with Crippen LogP contribution in [0.15, 0.2) is 12.1 Å². The van der Waals surface area contributed by atoms with Crippen LogP contribution in [0, 0.1) is 16.0 Å². The van der Waals surface area contributed by atoms with Crippen LogP contribution in [0.1, 0.15) is 32.1 Å². The number of ether oxygens (including phenoxy) is 2. The lowest BCUT2D eigenvalue weighted by Gasteiger charge is -2.21. The highest BCUT2D eigenvalue weighted by atomic mass is 16.6. The molecule has 1 N–H and O–H groups in total. The second-order valence-corrected chi connectivity index (χ2v) is 5.31. The zero-order valence-corrected chi connectivity index (χ0v) is 12.8. The van der Waals surface area contributed by atoms with Gasteiger partial charge < -0.3 is 14.8 Å². The minimum atomic E-state index is -0.548. The Hall–Kier alpha value is -2.31. The standard InChI is InChI=1S/C15H20N2O5/c1-21-13-9-12(17(19)20)14(22-2)8-11(13)16-15(18)10-6-4-3-5-7-10/h8-10H,3-7H2,1-2H3,(H,16,18). The topological polar surface area (TPSA) is 90.7 Å². The summed E-state index contributed by atoms with van der Waals surface area (Å²) in [5.74, 6) is 0.245. The number of benzene rings is 1. The Morgan fingerprint density at radius 1 is 1.18 bits per heavy atom. The number of hydrogen-bond acceptors (Lipinski definition) is 5. The van der Waals surface area contributed by atoms with E-state index in [4.69, 9.17) is 9.47 Å². The Kier molecular flexibility index (Phi) is 5.19. The molecule has 7 nitrogen and oxygen atoms in total. The maximum atomic E-state index is 12.3. The molecule has 1 saturated carbocycles. The van der Waals surface area contributed by atoms with Crippen LogP contribution >= 0.6 is 0 Å². The summed E-state index contributed by atoms with van der Waals surface area (Å²) in [4.78, 5) is 22.8. The Morgan fingerprint density at radius 2 is 1.82 bits per heavy atom. The molecule has 1 aromatic rings. The molecule has 0 radical (unpaired) electrons. The summed E-state index contributed by atoms with van der Waals surface area (Å²) in [7, 11) is 2.75. The first-order chi connectivity index (χ1) is 10.6. The monoisotopic (exact) mass is 308 g/mol. The summed E-state index contributed by atoms with van der Waals surface area (Å²) in [5, 5.41) is 13.8. The summed E-state index contributed by atoms with van der Waals surface area (Å²) in [6.45, 7) is 0. The summed E-state index contributed by atoms with van der Waals surface area (Å²) in [6.07, 6.45) is 5.02. The van der Waals surface area contributed by atoms with Crippen LogP contribution in [0.2, 0.25) is 0 Å². The van der Waals surface area contributed by atoms with Gasteiger partial charge in [-0.15, -0.1) is 0 Å². The van der Waals surface area contributed by atoms with Crippen molar-refractivity contribution in [2.45, 2.75) is 32.1 Å². The van der Waals surface area contributed by atoms with Crippen molar-refractivity contribution >= 4 is 17.3 Å². The third-order valence-corrected chi connectivity index (χ3v) is 3.93. The molecule has 0 atom stereocenters. The first kappa shape index (κ1) is 16.1. The van der Waals surface area contributed by atoms with E-state index in [-0.39, 0.29) is 29.0 Å². The second kappa shape index (κ2) is 7.11. The van der Waals surface area contributed by atoms with E-state index in [0.717, 1.165) is 25.7 Å². The number of nitro benzene ring substituents is 1. The van der Waals surface area contributed by atoms with Crippen LogP contribution in [-0.2, 0) is 4.79 Å². The molecule has 1 amide bonds. The number of nitrogens with one attached hydrogen (secondary N) is 1. The molecule has 0 bridgehead atoms. The third-order valence-electron chi connectivity index (χ3n) is 3.93. The van der Waals surface area contributed by atoms with Crippen LogP contribution in [0.25, 0.3) is 0 Å². The van der Waals surface area contributed by atoms with E-state index >= 15 is 0 Å². The predicted octanol–water partition coefficient (Wildman–Crippen LogP) is 3.13. The number of amides is 1. The van der Waals surface area contributed by atoms with Gasteiger partial charge in [0.2, 0.25) is 5.91 Å². The van der Waals surface area contributed by atoms with Crippen molar-refractivity contribution in [3.63, 3.8) is 0 Å². The molecule has 2 rings (SSSR count). The number of nitrogens with zero attached hydrogens (tertiary/aromatic N) is 1. The van der Waals surface area contributed by atoms with E-state index in [1.54, 1.807) is 0 Å². The summed E-state index contributed by atoms with van der Waals surface area (Å²) in [6, 6.07) is 2.69. The molecular weight excluding hydrogens is 288 g/mol. The van der Waals surface area contributed by atoms with Gasteiger partial charge in [0.05, 0.1) is 30.9 Å². The number of carbonyl (C=O) groups excluding carboxylic acids is 1. The van der Waals surface area contributed by atoms with Crippen LogP contribution in [0.5, 0.6) is 11.5 Å². The SMILES string of the molecule is COc1cc([N+](=O)[O-])c(OC)cc1NC(=O)C1CCCCC1. The largest absolute Gasteiger partial charge is 0.494 e. The van der Waals surface area contributed by atoms with Gasteiger partial charge in [-0.3, -0.25) is 14.9 Å². The maximum Gasteiger partial charge on any atom is 0.314 e. The Morgan fingerprint density at radius 3 is 2.36 bits per heavy atom. The molecule has 0 heterocycles. The molecular formula is C15H20N2O5. The highest BCUT2D eigenvalue weighted by Gasteiger charge is 2.24. The molecule has 7 heteroatoms. The molecule has 0 unspecified atom stereocenters. The molecule has 1 aliphatic rings. The van der Waals surface area contributed by atoms with E-state index in [2.05, 4.69) is 5.32 Å². The highest BCUT2D eigenvalue weighted by Crippen LogP contribution is 2.38. The maximum absolute atomic E-state index is 12.3. The molecule has 0 saturated heterocycles. The Balaban J connectivity index is 2.25. The van der Waals surface area contributed by atoms with Crippen molar-refractivity contribution in [2.75, 3.05) is 19.5 Å². The molecule has 1 aromatic carbocycles. The van der Waals surface area contributed by atoms with Gasteiger partial charge in [-0.1, -0.05) is 19.3 Å². The van der Waals surface area contributed by atoms with E-state index in [9.17, 15) is 14.9 Å². The average molecular weight is 308 g/mol. The van der Waals surface area contributed by atoms with E-state index < -0.39 is 4.92 Å². The van der Waals surface area contributed by atoms with Crippen LogP contribution in [-0.4, -0.2) is 25.1 Å². The zero-order valence-electron chi connectivity index (χ0n) is 12.8. The fraction of sp³-hybridized carbons (Fsp3) is 0.533. The summed E-state index contributed by atoms with van der Waals surface area (Å²) in [5.41, 5.74) is 0.190. The lowest BCUT2D eigenvalue weighted by atomic mass is 9.88. The van der Waals surface area contributed by atoms with E-state index in [0.29, 0.717) is 5.69 Å². The van der Waals surface area contributed by atoms with Gasteiger partial charge >= 0.3 is 5.69 Å². The summed E-state index contributed by atoms with van der Waals surface area (Å²) >= 11 is 0. The Bertz CT molecular complexity index is 567. The van der Waals surface area contributed by atoms with Gasteiger partial charge in [0.1, 0.15) is 5.75 Å². The first-order valence-corrected chi connectivity index (χ1v) is 7.28. The minimum Gasteiger partial charge on any atom is -0.494 e. The van der Waals surface area contributed by atoms with Gasteiger partial charge in [-0.25, -0.2) is 0 Å². The van der Waals surface area contributed by atoms with E-state index in [1.807, 2.05) is 0 Å². The van der Waals surface area contributed by atoms with Crippen molar-refractivity contribution < 1.29 is 19.2 Å².